The van der Waals surface area contributed by atoms with E-state index < -0.39 is 36.1 Å². The number of hydrogen-bond acceptors (Lipinski definition) is 5. The maximum atomic E-state index is 12.4. The normalized spacial score (nSPS) is 12.1. The topological polar surface area (TPSA) is 92.9 Å². The Morgan fingerprint density at radius 3 is 2.55 bits per heavy atom. The molecule has 0 heterocycles. The first-order valence-electron chi connectivity index (χ1n) is 5.65. The fraction of sp³-hybridized carbons (Fsp3) is 0.455. The van der Waals surface area contributed by atoms with Gasteiger partial charge >= 0.3 is 0 Å². The lowest BCUT2D eigenvalue weighted by Crippen LogP contribution is -2.37. The zero-order chi connectivity index (χ0) is 15.3. The smallest absolute Gasteiger partial charge is 0.252 e. The van der Waals surface area contributed by atoms with Crippen molar-refractivity contribution in [3.63, 3.8) is 0 Å². The van der Waals surface area contributed by atoms with E-state index in [-0.39, 0.29) is 16.3 Å². The number of nitrogens with two attached hydrogens (primary N) is 1. The first kappa shape index (κ1) is 16.6. The highest BCUT2D eigenvalue weighted by molar-refractivity contribution is 7.89. The molecule has 0 aliphatic rings. The zero-order valence-electron chi connectivity index (χ0n) is 10.8. The van der Waals surface area contributed by atoms with E-state index in [1.165, 1.54) is 19.2 Å². The predicted molar refractivity (Wildman–Crippen MR) is 69.3 cm³/mol. The molecule has 9 heteroatoms. The third-order valence-electron chi connectivity index (χ3n) is 2.53. The molecule has 1 aromatic carbocycles. The van der Waals surface area contributed by atoms with Crippen LogP contribution in [0.5, 0.6) is 5.75 Å². The van der Waals surface area contributed by atoms with Gasteiger partial charge in [-0.3, -0.25) is 0 Å². The number of rotatable bonds is 7. The second-order valence-corrected chi connectivity index (χ2v) is 5.82. The summed E-state index contributed by atoms with van der Waals surface area (Å²) in [6.07, 6.45) is -2.84. The monoisotopic (exact) mass is 310 g/mol. The molecule has 0 amide bonds. The number of alkyl halides is 2. The maximum absolute atomic E-state index is 12.4. The van der Waals surface area contributed by atoms with Crippen LogP contribution in [0.25, 0.3) is 0 Å². The van der Waals surface area contributed by atoms with E-state index in [0.717, 1.165) is 6.07 Å². The van der Waals surface area contributed by atoms with E-state index in [9.17, 15) is 17.2 Å². The van der Waals surface area contributed by atoms with Crippen molar-refractivity contribution >= 4 is 15.7 Å². The SMILES string of the molecule is COc1ccc(S(=O)(=O)N(CCO)CC(F)F)cc1N. The van der Waals surface area contributed by atoms with Gasteiger partial charge in [0.15, 0.2) is 0 Å². The van der Waals surface area contributed by atoms with Gasteiger partial charge in [0.1, 0.15) is 5.75 Å². The third kappa shape index (κ3) is 3.78. The van der Waals surface area contributed by atoms with Gasteiger partial charge in [-0.2, -0.15) is 4.31 Å². The van der Waals surface area contributed by atoms with Crippen molar-refractivity contribution in [3.05, 3.63) is 18.2 Å². The highest BCUT2D eigenvalue weighted by Gasteiger charge is 2.27. The Labute approximate surface area is 115 Å². The molecule has 1 aromatic rings. The number of sulfonamides is 1. The summed E-state index contributed by atoms with van der Waals surface area (Å²) < 4.78 is 54.6. The number of methoxy groups -OCH3 is 1. The average molecular weight is 310 g/mol. The molecule has 3 N–H and O–H groups in total. The van der Waals surface area contributed by atoms with Crippen LogP contribution in [0.4, 0.5) is 14.5 Å². The summed E-state index contributed by atoms with van der Waals surface area (Å²) in [7, 11) is -2.78. The molecular formula is C11H16F2N2O4S. The number of benzene rings is 1. The minimum atomic E-state index is -4.15. The van der Waals surface area contributed by atoms with Gasteiger partial charge in [-0.1, -0.05) is 0 Å². The summed E-state index contributed by atoms with van der Waals surface area (Å²) in [6.45, 7) is -1.97. The lowest BCUT2D eigenvalue weighted by Gasteiger charge is -2.21. The molecule has 0 aliphatic carbocycles. The second-order valence-electron chi connectivity index (χ2n) is 3.88. The van der Waals surface area contributed by atoms with Crippen molar-refractivity contribution in [1.29, 1.82) is 0 Å². The van der Waals surface area contributed by atoms with Crippen LogP contribution in [0.3, 0.4) is 0 Å². The summed E-state index contributed by atoms with van der Waals surface area (Å²) in [5.74, 6) is 0.284. The van der Waals surface area contributed by atoms with Crippen LogP contribution in [-0.4, -0.2) is 51.1 Å². The van der Waals surface area contributed by atoms with Gasteiger partial charge in [0, 0.05) is 6.54 Å². The first-order valence-corrected chi connectivity index (χ1v) is 7.09. The summed E-state index contributed by atoms with van der Waals surface area (Å²) in [4.78, 5) is -0.232. The van der Waals surface area contributed by atoms with Crippen LogP contribution in [0.1, 0.15) is 0 Å². The maximum Gasteiger partial charge on any atom is 0.252 e. The average Bonchev–Trinajstić information content (AvgIpc) is 2.37. The van der Waals surface area contributed by atoms with E-state index in [1.54, 1.807) is 0 Å². The minimum absolute atomic E-state index is 0.0783. The van der Waals surface area contributed by atoms with E-state index >= 15 is 0 Å². The Morgan fingerprint density at radius 1 is 1.45 bits per heavy atom. The van der Waals surface area contributed by atoms with E-state index in [2.05, 4.69) is 0 Å². The summed E-state index contributed by atoms with van der Waals surface area (Å²) in [5, 5.41) is 8.80. The van der Waals surface area contributed by atoms with Gasteiger partial charge < -0.3 is 15.6 Å². The molecule has 0 fully saturated rings. The molecule has 6 nitrogen and oxygen atoms in total. The van der Waals surface area contributed by atoms with Crippen molar-refractivity contribution in [3.8, 4) is 5.75 Å². The van der Waals surface area contributed by atoms with Crippen LogP contribution in [-0.2, 0) is 10.0 Å². The Balaban J connectivity index is 3.15. The van der Waals surface area contributed by atoms with Crippen molar-refractivity contribution < 1.29 is 27.0 Å². The summed E-state index contributed by atoms with van der Waals surface area (Å²) in [6, 6.07) is 3.67. The summed E-state index contributed by atoms with van der Waals surface area (Å²) in [5.41, 5.74) is 5.68. The number of aliphatic hydroxyl groups is 1. The number of anilines is 1. The molecule has 20 heavy (non-hydrogen) atoms. The van der Waals surface area contributed by atoms with Crippen LogP contribution >= 0.6 is 0 Å². The number of nitrogen functional groups attached to an aromatic ring is 1. The largest absolute Gasteiger partial charge is 0.495 e. The molecule has 0 unspecified atom stereocenters. The quantitative estimate of drug-likeness (QED) is 0.717. The Hall–Kier alpha value is -1.45. The highest BCUT2D eigenvalue weighted by atomic mass is 32.2. The number of halogens is 2. The summed E-state index contributed by atoms with van der Waals surface area (Å²) >= 11 is 0. The Morgan fingerprint density at radius 2 is 2.10 bits per heavy atom. The number of aliphatic hydroxyl groups excluding tert-OH is 1. The Bertz CT molecular complexity index is 551. The molecule has 0 radical (unpaired) electrons. The van der Waals surface area contributed by atoms with Crippen LogP contribution < -0.4 is 10.5 Å². The van der Waals surface area contributed by atoms with Gasteiger partial charge in [0.05, 0.1) is 30.8 Å². The van der Waals surface area contributed by atoms with E-state index in [4.69, 9.17) is 15.6 Å². The third-order valence-corrected chi connectivity index (χ3v) is 4.39. The van der Waals surface area contributed by atoms with E-state index in [0.29, 0.717) is 4.31 Å². The number of ether oxygens (including phenoxy) is 1. The van der Waals surface area contributed by atoms with Gasteiger partial charge in [-0.25, -0.2) is 17.2 Å². The number of nitrogens with zero attached hydrogens (tertiary/aromatic N) is 1. The van der Waals surface area contributed by atoms with Crippen LogP contribution in [0.2, 0.25) is 0 Å². The molecule has 0 spiro atoms. The molecule has 114 valence electrons. The fourth-order valence-electron chi connectivity index (χ4n) is 1.60. The van der Waals surface area contributed by atoms with Crippen LogP contribution in [0, 0.1) is 0 Å². The molecular weight excluding hydrogens is 294 g/mol. The standard InChI is InChI=1S/C11H16F2N2O4S/c1-19-10-3-2-8(6-9(10)14)20(17,18)15(4-5-16)7-11(12)13/h2-3,6,11,16H,4-5,7,14H2,1H3. The second kappa shape index (κ2) is 6.82. The zero-order valence-corrected chi connectivity index (χ0v) is 11.6. The highest BCUT2D eigenvalue weighted by Crippen LogP contribution is 2.26. The number of hydrogen-bond donors (Lipinski definition) is 2. The van der Waals surface area contributed by atoms with Crippen LogP contribution in [0.15, 0.2) is 23.1 Å². The molecule has 0 aliphatic heterocycles. The first-order chi connectivity index (χ1) is 9.32. The predicted octanol–water partition coefficient (Wildman–Crippen LogP) is 0.526. The molecule has 0 atom stereocenters. The fourth-order valence-corrected chi connectivity index (χ4v) is 3.04. The molecule has 1 rings (SSSR count). The van der Waals surface area contributed by atoms with Gasteiger partial charge in [0.2, 0.25) is 10.0 Å². The lowest BCUT2D eigenvalue weighted by molar-refractivity contribution is 0.113. The lowest BCUT2D eigenvalue weighted by atomic mass is 10.3. The molecule has 0 saturated heterocycles. The van der Waals surface area contributed by atoms with E-state index in [1.807, 2.05) is 0 Å². The van der Waals surface area contributed by atoms with Crippen molar-refractivity contribution in [1.82, 2.24) is 4.31 Å². The van der Waals surface area contributed by atoms with Gasteiger partial charge in [0.25, 0.3) is 6.43 Å². The molecule has 0 bridgehead atoms. The van der Waals surface area contributed by atoms with Crippen molar-refractivity contribution in [2.45, 2.75) is 11.3 Å². The Kier molecular flexibility index (Phi) is 5.66. The molecule has 0 saturated carbocycles. The van der Waals surface area contributed by atoms with Crippen molar-refractivity contribution in [2.75, 3.05) is 32.5 Å². The minimum Gasteiger partial charge on any atom is -0.495 e. The van der Waals surface area contributed by atoms with Gasteiger partial charge in [-0.05, 0) is 18.2 Å². The molecule has 0 aromatic heterocycles. The van der Waals surface area contributed by atoms with Crippen molar-refractivity contribution in [2.24, 2.45) is 0 Å². The van der Waals surface area contributed by atoms with Gasteiger partial charge in [-0.15, -0.1) is 0 Å².